The van der Waals surface area contributed by atoms with E-state index in [1.54, 1.807) is 0 Å². The predicted octanol–water partition coefficient (Wildman–Crippen LogP) is 2.37. The highest BCUT2D eigenvalue weighted by Gasteiger charge is 2.09. The number of nitrogens with two attached hydrogens (primary N) is 1. The first-order valence-corrected chi connectivity index (χ1v) is 6.47. The Hall–Kier alpha value is -1.88. The molecular weight excluding hydrogens is 242 g/mol. The fourth-order valence-electron chi connectivity index (χ4n) is 1.89. The van der Waals surface area contributed by atoms with Gasteiger partial charge in [-0.05, 0) is 18.9 Å². The fourth-order valence-corrected chi connectivity index (χ4v) is 1.89. The smallest absolute Gasteiger partial charge is 0.264 e. The van der Waals surface area contributed by atoms with E-state index in [0.717, 1.165) is 35.5 Å². The van der Waals surface area contributed by atoms with Crippen LogP contribution in [0.4, 0.5) is 0 Å². The minimum Gasteiger partial charge on any atom is -0.483 e. The van der Waals surface area contributed by atoms with Crippen molar-refractivity contribution in [1.29, 1.82) is 0 Å². The van der Waals surface area contributed by atoms with E-state index < -0.39 is 0 Å². The quantitative estimate of drug-likeness (QED) is 0.864. The Morgan fingerprint density at radius 3 is 2.95 bits per heavy atom. The molecule has 2 N–H and O–H groups in total. The molecule has 1 heterocycles. The van der Waals surface area contributed by atoms with Gasteiger partial charge >= 0.3 is 0 Å². The normalized spacial score (nSPS) is 10.7. The minimum atomic E-state index is 0.272. The average molecular weight is 261 g/mol. The molecule has 2 aromatic rings. The summed E-state index contributed by atoms with van der Waals surface area (Å²) in [6.45, 7) is 4.79. The summed E-state index contributed by atoms with van der Waals surface area (Å²) in [6.07, 6.45) is 1.82. The third kappa shape index (κ3) is 3.32. The number of hydrogen-bond donors (Lipinski definition) is 1. The Balaban J connectivity index is 2.05. The number of hydrogen-bond acceptors (Lipinski definition) is 5. The number of aromatic nitrogens is 2. The molecule has 0 aliphatic heterocycles. The number of para-hydroxylation sites is 1. The van der Waals surface area contributed by atoms with Crippen LogP contribution in [0.3, 0.4) is 0 Å². The number of aryl methyl sites for hydroxylation is 2. The van der Waals surface area contributed by atoms with Crippen LogP contribution in [-0.4, -0.2) is 10.1 Å². The van der Waals surface area contributed by atoms with Crippen LogP contribution in [0.2, 0.25) is 0 Å². The average Bonchev–Trinajstić information content (AvgIpc) is 2.85. The largest absolute Gasteiger partial charge is 0.483 e. The van der Waals surface area contributed by atoms with E-state index >= 15 is 0 Å². The van der Waals surface area contributed by atoms with Gasteiger partial charge in [-0.2, -0.15) is 4.98 Å². The highest BCUT2D eigenvalue weighted by molar-refractivity contribution is 5.40. The van der Waals surface area contributed by atoms with Crippen molar-refractivity contribution in [2.75, 3.05) is 0 Å². The second-order valence-corrected chi connectivity index (χ2v) is 4.41. The van der Waals surface area contributed by atoms with Gasteiger partial charge in [-0.15, -0.1) is 0 Å². The Labute approximate surface area is 112 Å². The molecule has 5 nitrogen and oxygen atoms in total. The molecule has 0 aliphatic carbocycles. The lowest BCUT2D eigenvalue weighted by Gasteiger charge is -2.11. The first kappa shape index (κ1) is 13.5. The van der Waals surface area contributed by atoms with Gasteiger partial charge in [0.1, 0.15) is 5.75 Å². The summed E-state index contributed by atoms with van der Waals surface area (Å²) in [5.41, 5.74) is 7.73. The summed E-state index contributed by atoms with van der Waals surface area (Å²) < 4.78 is 10.9. The molecule has 19 heavy (non-hydrogen) atoms. The van der Waals surface area contributed by atoms with Crippen molar-refractivity contribution in [2.24, 2.45) is 5.73 Å². The van der Waals surface area contributed by atoms with E-state index in [4.69, 9.17) is 15.0 Å². The van der Waals surface area contributed by atoms with E-state index in [9.17, 15) is 0 Å². The summed E-state index contributed by atoms with van der Waals surface area (Å²) in [7, 11) is 0. The molecule has 2 rings (SSSR count). The highest BCUT2D eigenvalue weighted by atomic mass is 16.5. The molecule has 102 valence electrons. The summed E-state index contributed by atoms with van der Waals surface area (Å²) in [6, 6.07) is 5.92. The van der Waals surface area contributed by atoms with Crippen molar-refractivity contribution in [2.45, 2.75) is 39.8 Å². The third-order valence-corrected chi connectivity index (χ3v) is 2.84. The number of nitrogens with zero attached hydrogens (tertiary/aromatic N) is 2. The molecule has 0 aliphatic rings. The van der Waals surface area contributed by atoms with Crippen LogP contribution in [0.1, 0.15) is 36.2 Å². The van der Waals surface area contributed by atoms with Crippen molar-refractivity contribution in [3.63, 3.8) is 0 Å². The molecule has 5 heteroatoms. The predicted molar refractivity (Wildman–Crippen MR) is 71.7 cm³/mol. The Morgan fingerprint density at radius 2 is 2.21 bits per heavy atom. The molecule has 0 spiro atoms. The van der Waals surface area contributed by atoms with Gasteiger partial charge in [-0.1, -0.05) is 30.3 Å². The summed E-state index contributed by atoms with van der Waals surface area (Å²) >= 11 is 0. The Morgan fingerprint density at radius 1 is 1.37 bits per heavy atom. The first-order valence-electron chi connectivity index (χ1n) is 6.47. The van der Waals surface area contributed by atoms with Crippen LogP contribution < -0.4 is 10.5 Å². The van der Waals surface area contributed by atoms with Crippen molar-refractivity contribution >= 4 is 0 Å². The van der Waals surface area contributed by atoms with Crippen LogP contribution >= 0.6 is 0 Å². The Kier molecular flexibility index (Phi) is 4.52. The molecule has 0 fully saturated rings. The van der Waals surface area contributed by atoms with Gasteiger partial charge in [0, 0.05) is 18.5 Å². The topological polar surface area (TPSA) is 74.2 Å². The lowest BCUT2D eigenvalue weighted by molar-refractivity contribution is 0.239. The number of ether oxygens (including phenoxy) is 1. The van der Waals surface area contributed by atoms with E-state index in [1.807, 2.05) is 25.1 Å². The third-order valence-electron chi connectivity index (χ3n) is 2.84. The van der Waals surface area contributed by atoms with Crippen molar-refractivity contribution in [3.8, 4) is 5.75 Å². The van der Waals surface area contributed by atoms with Gasteiger partial charge in [0.05, 0.1) is 0 Å². The summed E-state index contributed by atoms with van der Waals surface area (Å²) in [4.78, 5) is 4.27. The van der Waals surface area contributed by atoms with Crippen molar-refractivity contribution in [3.05, 3.63) is 41.0 Å². The van der Waals surface area contributed by atoms with Gasteiger partial charge in [-0.3, -0.25) is 0 Å². The second-order valence-electron chi connectivity index (χ2n) is 4.41. The van der Waals surface area contributed by atoms with Gasteiger partial charge in [0.2, 0.25) is 0 Å². The van der Waals surface area contributed by atoms with Gasteiger partial charge in [0.25, 0.3) is 5.89 Å². The van der Waals surface area contributed by atoms with Gasteiger partial charge in [0.15, 0.2) is 12.4 Å². The fraction of sp³-hybridized carbons (Fsp3) is 0.429. The van der Waals surface area contributed by atoms with Crippen LogP contribution in [-0.2, 0) is 19.6 Å². The van der Waals surface area contributed by atoms with E-state index in [0.29, 0.717) is 12.4 Å². The minimum absolute atomic E-state index is 0.272. The molecule has 0 saturated heterocycles. The molecular formula is C14H19N3O2. The molecule has 1 aromatic carbocycles. The monoisotopic (exact) mass is 261 g/mol. The van der Waals surface area contributed by atoms with E-state index in [-0.39, 0.29) is 6.61 Å². The van der Waals surface area contributed by atoms with Crippen LogP contribution in [0.15, 0.2) is 22.7 Å². The molecule has 0 saturated carbocycles. The van der Waals surface area contributed by atoms with E-state index in [2.05, 4.69) is 17.1 Å². The highest BCUT2D eigenvalue weighted by Crippen LogP contribution is 2.23. The van der Waals surface area contributed by atoms with Crippen molar-refractivity contribution < 1.29 is 9.26 Å². The standard InChI is InChI=1S/C14H19N3O2/c1-3-5-12-16-13(19-17-12)9-18-14-10(2)6-4-7-11(14)8-15/h4,6-7H,3,5,8-9,15H2,1-2H3. The number of rotatable bonds is 6. The van der Waals surface area contributed by atoms with Crippen LogP contribution in [0, 0.1) is 6.92 Å². The second kappa shape index (κ2) is 6.33. The SMILES string of the molecule is CCCc1noc(COc2c(C)cccc2CN)n1. The zero-order valence-electron chi connectivity index (χ0n) is 11.3. The van der Waals surface area contributed by atoms with Gasteiger partial charge in [-0.25, -0.2) is 0 Å². The maximum atomic E-state index is 5.76. The first-order chi connectivity index (χ1) is 9.24. The molecule has 0 radical (unpaired) electrons. The zero-order valence-corrected chi connectivity index (χ0v) is 11.3. The Bertz CT molecular complexity index is 537. The summed E-state index contributed by atoms with van der Waals surface area (Å²) in [5, 5.41) is 3.89. The lowest BCUT2D eigenvalue weighted by atomic mass is 10.1. The summed E-state index contributed by atoms with van der Waals surface area (Å²) in [5.74, 6) is 2.03. The molecule has 0 bridgehead atoms. The van der Waals surface area contributed by atoms with Crippen molar-refractivity contribution in [1.82, 2.24) is 10.1 Å². The van der Waals surface area contributed by atoms with Gasteiger partial charge < -0.3 is 15.0 Å². The molecule has 0 unspecified atom stereocenters. The van der Waals surface area contributed by atoms with E-state index in [1.165, 1.54) is 0 Å². The lowest BCUT2D eigenvalue weighted by Crippen LogP contribution is -2.04. The maximum Gasteiger partial charge on any atom is 0.264 e. The zero-order chi connectivity index (χ0) is 13.7. The number of benzene rings is 1. The van der Waals surface area contributed by atoms with Crippen LogP contribution in [0.25, 0.3) is 0 Å². The molecule has 1 aromatic heterocycles. The maximum absolute atomic E-state index is 5.76. The van der Waals surface area contributed by atoms with Crippen LogP contribution in [0.5, 0.6) is 5.75 Å². The molecule has 0 amide bonds. The molecule has 0 atom stereocenters.